The van der Waals surface area contributed by atoms with Crippen molar-refractivity contribution in [1.29, 1.82) is 0 Å². The smallest absolute Gasteiger partial charge is 0.0502 e. The van der Waals surface area contributed by atoms with E-state index < -0.39 is 0 Å². The predicted molar refractivity (Wildman–Crippen MR) is 231 cm³/mol. The van der Waals surface area contributed by atoms with E-state index in [9.17, 15) is 0 Å². The van der Waals surface area contributed by atoms with Gasteiger partial charge < -0.3 is 4.90 Å². The first kappa shape index (κ1) is 33.5. The fourth-order valence-corrected chi connectivity index (χ4v) is 13.0. The highest BCUT2D eigenvalue weighted by molar-refractivity contribution is 5.95. The lowest BCUT2D eigenvalue weighted by Crippen LogP contribution is -2.55. The third-order valence-electron chi connectivity index (χ3n) is 15.3. The van der Waals surface area contributed by atoms with Gasteiger partial charge in [0.2, 0.25) is 0 Å². The van der Waals surface area contributed by atoms with Crippen LogP contribution in [0.2, 0.25) is 0 Å². The first-order valence-corrected chi connectivity index (χ1v) is 21.2. The van der Waals surface area contributed by atoms with Crippen LogP contribution in [0.3, 0.4) is 0 Å². The van der Waals surface area contributed by atoms with E-state index in [1.165, 1.54) is 107 Å². The second-order valence-corrected chi connectivity index (χ2v) is 19.2. The molecular weight excluding hydrogens is 663 g/mol. The average molecular weight is 716 g/mol. The van der Waals surface area contributed by atoms with Gasteiger partial charge in [0.25, 0.3) is 0 Å². The molecule has 0 radical (unpaired) electrons. The number of hydrogen-bond acceptors (Lipinski definition) is 1. The number of anilines is 3. The van der Waals surface area contributed by atoms with E-state index in [4.69, 9.17) is 0 Å². The molecule has 0 saturated heterocycles. The monoisotopic (exact) mass is 715 g/mol. The minimum atomic E-state index is 0.0594. The number of hydrogen-bond donors (Lipinski definition) is 0. The Balaban J connectivity index is 1.16. The highest BCUT2D eigenvalue weighted by Crippen LogP contribution is 2.70. The molecule has 0 amide bonds. The van der Waals surface area contributed by atoms with E-state index in [0.29, 0.717) is 11.8 Å². The van der Waals surface area contributed by atoms with Gasteiger partial charge in [0, 0.05) is 16.8 Å². The largest absolute Gasteiger partial charge is 0.310 e. The Morgan fingerprint density at radius 3 is 1.73 bits per heavy atom. The van der Waals surface area contributed by atoms with Gasteiger partial charge in [-0.05, 0) is 165 Å². The summed E-state index contributed by atoms with van der Waals surface area (Å²) in [6.07, 6.45) is 9.37. The maximum Gasteiger partial charge on any atom is 0.0502 e. The predicted octanol–water partition coefficient (Wildman–Crippen LogP) is 14.6. The van der Waals surface area contributed by atoms with Gasteiger partial charge in [0.1, 0.15) is 0 Å². The number of nitrogens with zero attached hydrogens (tertiary/aromatic N) is 1. The van der Waals surface area contributed by atoms with Gasteiger partial charge in [0.15, 0.2) is 0 Å². The number of fused-ring (bicyclic) bond motifs is 4. The SMILES string of the molecule is CC1(C)CCC(C)(C)c2c(N(c3ccc(-c4ccccc4)cc3)c3ccc4c(c3)C3(c5cccc(-c6ccccc6)c5-4)C4CC5CC(C4)CC3C5)cccc21. The molecule has 4 fully saturated rings. The van der Waals surface area contributed by atoms with Crippen LogP contribution in [0.4, 0.5) is 17.1 Å². The molecule has 274 valence electrons. The van der Waals surface area contributed by atoms with E-state index in [1.54, 1.807) is 11.1 Å². The van der Waals surface area contributed by atoms with Crippen molar-refractivity contribution >= 4 is 17.1 Å². The number of benzene rings is 6. The Bertz CT molecular complexity index is 2400. The van der Waals surface area contributed by atoms with E-state index >= 15 is 0 Å². The fraction of sp³-hybridized carbons (Fsp3) is 0.333. The molecule has 0 unspecified atom stereocenters. The van der Waals surface area contributed by atoms with E-state index in [0.717, 1.165) is 11.8 Å². The van der Waals surface area contributed by atoms with Crippen molar-refractivity contribution in [3.8, 4) is 33.4 Å². The lowest BCUT2D eigenvalue weighted by molar-refractivity contribution is -0.0399. The molecule has 6 aromatic rings. The molecule has 12 rings (SSSR count). The van der Waals surface area contributed by atoms with Crippen LogP contribution in [0.1, 0.15) is 94.9 Å². The molecule has 6 aliphatic rings. The van der Waals surface area contributed by atoms with Crippen LogP contribution in [0.15, 0.2) is 140 Å². The van der Waals surface area contributed by atoms with E-state index in [1.807, 2.05) is 0 Å². The zero-order valence-electron chi connectivity index (χ0n) is 33.0. The zero-order valence-corrected chi connectivity index (χ0v) is 33.0. The summed E-state index contributed by atoms with van der Waals surface area (Å²) in [7, 11) is 0. The molecule has 55 heavy (non-hydrogen) atoms. The first-order chi connectivity index (χ1) is 26.7. The molecule has 4 bridgehead atoms. The van der Waals surface area contributed by atoms with Crippen molar-refractivity contribution in [1.82, 2.24) is 0 Å². The molecule has 1 heteroatoms. The van der Waals surface area contributed by atoms with Gasteiger partial charge in [-0.25, -0.2) is 0 Å². The van der Waals surface area contributed by atoms with Gasteiger partial charge in [-0.2, -0.15) is 0 Å². The Morgan fingerprint density at radius 1 is 0.455 bits per heavy atom. The zero-order chi connectivity index (χ0) is 37.1. The summed E-state index contributed by atoms with van der Waals surface area (Å²) >= 11 is 0. The van der Waals surface area contributed by atoms with Crippen LogP contribution in [0, 0.1) is 23.7 Å². The minimum Gasteiger partial charge on any atom is -0.310 e. The summed E-state index contributed by atoms with van der Waals surface area (Å²) in [5.74, 6) is 3.21. The summed E-state index contributed by atoms with van der Waals surface area (Å²) < 4.78 is 0. The van der Waals surface area contributed by atoms with Crippen LogP contribution in [-0.2, 0) is 16.2 Å². The molecule has 6 aromatic carbocycles. The second-order valence-electron chi connectivity index (χ2n) is 19.2. The van der Waals surface area contributed by atoms with E-state index in [-0.39, 0.29) is 16.2 Å². The molecule has 6 aliphatic carbocycles. The molecule has 4 saturated carbocycles. The summed E-state index contributed by atoms with van der Waals surface area (Å²) in [6.45, 7) is 9.87. The van der Waals surface area contributed by atoms with Crippen molar-refractivity contribution in [2.45, 2.75) is 88.9 Å². The summed E-state index contributed by atoms with van der Waals surface area (Å²) in [4.78, 5) is 2.64. The van der Waals surface area contributed by atoms with Crippen LogP contribution in [0.5, 0.6) is 0 Å². The molecule has 0 aliphatic heterocycles. The van der Waals surface area contributed by atoms with E-state index in [2.05, 4.69) is 172 Å². The molecule has 0 N–H and O–H groups in total. The van der Waals surface area contributed by atoms with Crippen LogP contribution >= 0.6 is 0 Å². The topological polar surface area (TPSA) is 3.24 Å². The van der Waals surface area contributed by atoms with Gasteiger partial charge in [-0.15, -0.1) is 0 Å². The van der Waals surface area contributed by atoms with Crippen molar-refractivity contribution < 1.29 is 0 Å². The maximum absolute atomic E-state index is 2.69. The van der Waals surface area contributed by atoms with Crippen LogP contribution in [0.25, 0.3) is 33.4 Å². The fourth-order valence-electron chi connectivity index (χ4n) is 13.0. The highest BCUT2D eigenvalue weighted by Gasteiger charge is 2.62. The highest BCUT2D eigenvalue weighted by atomic mass is 15.1. The molecule has 1 nitrogen and oxygen atoms in total. The normalized spacial score (nSPS) is 26.0. The Hall–Kier alpha value is -4.88. The summed E-state index contributed by atoms with van der Waals surface area (Å²) in [5, 5.41) is 0. The third kappa shape index (κ3) is 4.90. The minimum absolute atomic E-state index is 0.0594. The van der Waals surface area contributed by atoms with Crippen molar-refractivity contribution in [3.63, 3.8) is 0 Å². The van der Waals surface area contributed by atoms with Gasteiger partial charge in [0.05, 0.1) is 5.69 Å². The quantitative estimate of drug-likeness (QED) is 0.172. The van der Waals surface area contributed by atoms with Crippen molar-refractivity contribution in [2.75, 3.05) is 4.90 Å². The Labute approximate surface area is 328 Å². The van der Waals surface area contributed by atoms with Crippen molar-refractivity contribution in [3.05, 3.63) is 162 Å². The standard InChI is InChI=1S/C54H53N/c1-52(2)27-28-53(3,4)51-47(52)19-12-20-49(51)55(42-23-21-38(22-24-42)37-13-7-5-8-14-37)43-25-26-45-48(34-43)54(40-30-35-29-36(32-40)33-41(54)31-35)46-18-11-17-44(50(45)46)39-15-9-6-10-16-39/h5-26,34-36,40-41H,27-33H2,1-4H3. The molecule has 0 heterocycles. The van der Waals surface area contributed by atoms with Gasteiger partial charge in [-0.3, -0.25) is 0 Å². The van der Waals surface area contributed by atoms with Crippen LogP contribution < -0.4 is 4.90 Å². The Morgan fingerprint density at radius 2 is 1.04 bits per heavy atom. The maximum atomic E-state index is 2.69. The molecule has 0 atom stereocenters. The lowest BCUT2D eigenvalue weighted by atomic mass is 9.43. The van der Waals surface area contributed by atoms with Gasteiger partial charge in [-0.1, -0.05) is 137 Å². The molecule has 0 aromatic heterocycles. The molecule has 1 spiro atoms. The lowest BCUT2D eigenvalue weighted by Gasteiger charge is -2.61. The third-order valence-corrected chi connectivity index (χ3v) is 15.3. The molecular formula is C54H53N. The first-order valence-electron chi connectivity index (χ1n) is 21.2. The summed E-state index contributed by atoms with van der Waals surface area (Å²) in [5.41, 5.74) is 18.6. The Kier molecular flexibility index (Phi) is 7.34. The number of rotatable bonds is 5. The van der Waals surface area contributed by atoms with Gasteiger partial charge >= 0.3 is 0 Å². The average Bonchev–Trinajstić information content (AvgIpc) is 3.50. The van der Waals surface area contributed by atoms with Crippen molar-refractivity contribution in [2.24, 2.45) is 23.7 Å². The second kappa shape index (κ2) is 12.1. The summed E-state index contributed by atoms with van der Waals surface area (Å²) in [6, 6.07) is 53.6. The van der Waals surface area contributed by atoms with Crippen LogP contribution in [-0.4, -0.2) is 0 Å².